The van der Waals surface area contributed by atoms with Gasteiger partial charge in [0.15, 0.2) is 0 Å². The summed E-state index contributed by atoms with van der Waals surface area (Å²) in [5.74, 6) is 4.12. The summed E-state index contributed by atoms with van der Waals surface area (Å²) in [6, 6.07) is 0. The highest BCUT2D eigenvalue weighted by Crippen LogP contribution is 2.77. The Kier molecular flexibility index (Phi) is 22.3. The minimum absolute atomic E-state index is 0.0292. The van der Waals surface area contributed by atoms with Gasteiger partial charge in [-0.15, -0.1) is 0 Å². The van der Waals surface area contributed by atoms with Gasteiger partial charge in [0, 0.05) is 19.4 Å². The van der Waals surface area contributed by atoms with Gasteiger partial charge in [-0.1, -0.05) is 201 Å². The van der Waals surface area contributed by atoms with Gasteiger partial charge in [0.25, 0.3) is 0 Å². The number of hydrogen-bond donors (Lipinski definition) is 1. The number of rotatable bonds is 33. The maximum atomic E-state index is 12.0. The summed E-state index contributed by atoms with van der Waals surface area (Å²) >= 11 is 0. The molecule has 64 heavy (non-hydrogen) atoms. The zero-order valence-corrected chi connectivity index (χ0v) is 44.2. The molecule has 0 saturated heterocycles. The second-order valence-corrected chi connectivity index (χ2v) is 25.4. The first-order valence-corrected chi connectivity index (χ1v) is 29.2. The molecule has 372 valence electrons. The second-order valence-electron chi connectivity index (χ2n) is 25.4. The molecule has 0 aromatic heterocycles. The average molecular weight is 892 g/mol. The molecular weight excluding hydrogens is 781 g/mol. The van der Waals surface area contributed by atoms with Crippen molar-refractivity contribution >= 4 is 5.78 Å². The van der Waals surface area contributed by atoms with Crippen molar-refractivity contribution in [1.82, 2.24) is 0 Å². The number of fused-ring (bicyclic) bond motifs is 7. The lowest BCUT2D eigenvalue weighted by molar-refractivity contribution is -0.250. The summed E-state index contributed by atoms with van der Waals surface area (Å²) in [7, 11) is 0. The lowest BCUT2D eigenvalue weighted by atomic mass is 9.32. The molecular formula is C61H110O3. The molecule has 5 rings (SSSR count). The predicted octanol–water partition coefficient (Wildman–Crippen LogP) is 18.5. The molecule has 5 saturated carbocycles. The van der Waals surface area contributed by atoms with Crippen LogP contribution < -0.4 is 0 Å². The number of allylic oxidation sites excluding steroid dienone is 1. The summed E-state index contributed by atoms with van der Waals surface area (Å²) < 4.78 is 6.77. The van der Waals surface area contributed by atoms with Gasteiger partial charge in [0.2, 0.25) is 0 Å². The van der Waals surface area contributed by atoms with Gasteiger partial charge in [0.1, 0.15) is 5.78 Å². The second kappa shape index (κ2) is 26.3. The fraction of sp³-hybridized carbons (Fsp3) is 0.951. The van der Waals surface area contributed by atoms with Crippen molar-refractivity contribution in [2.45, 2.75) is 299 Å². The van der Waals surface area contributed by atoms with E-state index < -0.39 is 0 Å². The Hall–Kier alpha value is -0.670. The van der Waals surface area contributed by atoms with E-state index in [1.807, 2.05) is 0 Å². The van der Waals surface area contributed by atoms with E-state index in [0.29, 0.717) is 39.3 Å². The summed E-state index contributed by atoms with van der Waals surface area (Å²) in [6.07, 6.45) is 50.0. The smallest absolute Gasteiger partial charge is 0.132 e. The first kappa shape index (κ1) is 54.3. The Morgan fingerprint density at radius 1 is 0.547 bits per heavy atom. The summed E-state index contributed by atoms with van der Waals surface area (Å²) in [4.78, 5) is 12.0. The van der Waals surface area contributed by atoms with Crippen LogP contribution in [-0.4, -0.2) is 30.2 Å². The summed E-state index contributed by atoms with van der Waals surface area (Å²) in [5, 5.41) is 11.1. The Labute approximate surface area is 399 Å². The number of aliphatic hydroxyl groups is 1. The number of carbonyl (C=O) groups is 1. The minimum atomic E-state index is -0.143. The highest BCUT2D eigenvalue weighted by molar-refractivity contribution is 5.78. The first-order chi connectivity index (χ1) is 30.8. The van der Waals surface area contributed by atoms with E-state index in [2.05, 4.69) is 55.0 Å². The summed E-state index contributed by atoms with van der Waals surface area (Å²) in [6.45, 7) is 24.2. The number of hydrogen-bond acceptors (Lipinski definition) is 3. The van der Waals surface area contributed by atoms with Gasteiger partial charge in [-0.2, -0.15) is 0 Å². The third kappa shape index (κ3) is 13.6. The molecule has 0 aromatic carbocycles. The van der Waals surface area contributed by atoms with Crippen molar-refractivity contribution in [1.29, 1.82) is 0 Å². The van der Waals surface area contributed by atoms with Crippen LogP contribution >= 0.6 is 0 Å². The van der Waals surface area contributed by atoms with E-state index in [1.165, 1.54) is 217 Å². The third-order valence-corrected chi connectivity index (χ3v) is 20.9. The molecule has 0 heterocycles. The van der Waals surface area contributed by atoms with Crippen LogP contribution in [0.5, 0.6) is 0 Å². The van der Waals surface area contributed by atoms with E-state index in [9.17, 15) is 9.90 Å². The number of unbranched alkanes of at least 4 members (excludes halogenated alkanes) is 24. The minimum Gasteiger partial charge on any atom is -0.393 e. The van der Waals surface area contributed by atoms with Gasteiger partial charge < -0.3 is 9.84 Å². The Morgan fingerprint density at radius 3 is 1.56 bits per heavy atom. The normalized spacial score (nSPS) is 34.2. The topological polar surface area (TPSA) is 46.5 Å². The molecule has 5 aliphatic rings. The number of ether oxygens (including phenoxy) is 1. The molecule has 3 heteroatoms. The molecule has 5 aliphatic carbocycles. The molecule has 0 bridgehead atoms. The van der Waals surface area contributed by atoms with Gasteiger partial charge in [0.05, 0.1) is 12.7 Å². The molecule has 0 aliphatic heterocycles. The molecule has 0 unspecified atom stereocenters. The number of ketones is 1. The maximum Gasteiger partial charge on any atom is 0.132 e. The van der Waals surface area contributed by atoms with E-state index >= 15 is 0 Å². The van der Waals surface area contributed by atoms with Crippen molar-refractivity contribution in [2.24, 2.45) is 56.7 Å². The number of carbonyl (C=O) groups excluding carboxylic acids is 1. The number of Topliss-reactive ketones (excluding diaryl/α,β-unsaturated/α-hetero) is 1. The lowest BCUT2D eigenvalue weighted by Crippen LogP contribution is -2.66. The van der Waals surface area contributed by atoms with Crippen molar-refractivity contribution in [2.75, 3.05) is 13.2 Å². The molecule has 0 radical (unpaired) electrons. The standard InChI is InChI=1S/C61H110O3/c1-9-10-11-32-35-50(62)36-33-30-28-26-24-22-20-18-16-14-12-13-15-17-19-21-23-25-27-29-31-34-47-64-48-61-44-39-51(49(2)3)56(61)52-37-38-54-58(6)42-41-55(63)57(4,5)53(58)40-43-60(54,8)59(52,7)45-46-61/h51-56,63H,2,9-48H2,1,3-8H3/t51-,52+,53-,54+,55-,56+,58-,59+,60+,61+/m0/s1. The fourth-order valence-corrected chi connectivity index (χ4v) is 16.7. The van der Waals surface area contributed by atoms with E-state index in [1.54, 1.807) is 0 Å². The van der Waals surface area contributed by atoms with Crippen LogP contribution in [-0.2, 0) is 9.53 Å². The van der Waals surface area contributed by atoms with E-state index in [4.69, 9.17) is 4.74 Å². The SMILES string of the molecule is C=C(C)[C@@H]1CC[C@]2(COCCCCCCCCCCCCCCCCCCCCCCCCC(=O)CCCCCC)CC[C@]3(C)[C@H](CC[C@@H]4[C@@]5(C)CC[C@H](O)C(C)(C)[C@@H]5CC[C@]43C)[C@@H]12. The van der Waals surface area contributed by atoms with Crippen molar-refractivity contribution < 1.29 is 14.6 Å². The summed E-state index contributed by atoms with van der Waals surface area (Å²) in [5.41, 5.74) is 2.95. The average Bonchev–Trinajstić information content (AvgIpc) is 3.65. The van der Waals surface area contributed by atoms with E-state index in [0.717, 1.165) is 63.1 Å². The van der Waals surface area contributed by atoms with Gasteiger partial charge in [-0.3, -0.25) is 4.79 Å². The zero-order chi connectivity index (χ0) is 46.1. The van der Waals surface area contributed by atoms with Gasteiger partial charge in [-0.05, 0) is 147 Å². The van der Waals surface area contributed by atoms with Gasteiger partial charge in [-0.25, -0.2) is 0 Å². The molecule has 0 spiro atoms. The first-order valence-electron chi connectivity index (χ1n) is 29.2. The van der Waals surface area contributed by atoms with E-state index in [-0.39, 0.29) is 11.5 Å². The fourth-order valence-electron chi connectivity index (χ4n) is 16.7. The van der Waals surface area contributed by atoms with Crippen LogP contribution in [0.3, 0.4) is 0 Å². The Bertz CT molecular complexity index is 1350. The van der Waals surface area contributed by atoms with Crippen LogP contribution in [0.4, 0.5) is 0 Å². The molecule has 10 atom stereocenters. The monoisotopic (exact) mass is 891 g/mol. The van der Waals surface area contributed by atoms with Crippen LogP contribution in [0.2, 0.25) is 0 Å². The van der Waals surface area contributed by atoms with Crippen LogP contribution in [0.25, 0.3) is 0 Å². The Morgan fingerprint density at radius 2 is 1.05 bits per heavy atom. The molecule has 1 N–H and O–H groups in total. The molecule has 5 fully saturated rings. The zero-order valence-electron chi connectivity index (χ0n) is 44.2. The van der Waals surface area contributed by atoms with Crippen LogP contribution in [0.1, 0.15) is 292 Å². The highest BCUT2D eigenvalue weighted by atomic mass is 16.5. The molecule has 3 nitrogen and oxygen atoms in total. The largest absolute Gasteiger partial charge is 0.393 e. The maximum absolute atomic E-state index is 12.0. The van der Waals surface area contributed by atoms with Crippen molar-refractivity contribution in [3.05, 3.63) is 12.2 Å². The lowest BCUT2D eigenvalue weighted by Gasteiger charge is -2.73. The van der Waals surface area contributed by atoms with Crippen molar-refractivity contribution in [3.63, 3.8) is 0 Å². The predicted molar refractivity (Wildman–Crippen MR) is 276 cm³/mol. The molecule has 0 aromatic rings. The quantitative estimate of drug-likeness (QED) is 0.0527. The van der Waals surface area contributed by atoms with Crippen LogP contribution in [0, 0.1) is 56.7 Å². The molecule has 0 amide bonds. The highest BCUT2D eigenvalue weighted by Gasteiger charge is 2.70. The van der Waals surface area contributed by atoms with Crippen molar-refractivity contribution in [3.8, 4) is 0 Å². The number of aliphatic hydroxyl groups excluding tert-OH is 1. The third-order valence-electron chi connectivity index (χ3n) is 20.9. The van der Waals surface area contributed by atoms with Crippen LogP contribution in [0.15, 0.2) is 12.2 Å². The van der Waals surface area contributed by atoms with Gasteiger partial charge >= 0.3 is 0 Å². The Balaban J connectivity index is 0.854.